The minimum Gasteiger partial charge on any atom is -0.325 e. The fourth-order valence-electron chi connectivity index (χ4n) is 3.35. The third-order valence-electron chi connectivity index (χ3n) is 4.77. The van der Waals surface area contributed by atoms with E-state index in [1.807, 2.05) is 32.0 Å². The third-order valence-corrected chi connectivity index (χ3v) is 4.77. The summed E-state index contributed by atoms with van der Waals surface area (Å²) < 4.78 is 2.69. The molecule has 0 saturated heterocycles. The largest absolute Gasteiger partial charge is 0.325 e. The topological polar surface area (TPSA) is 112 Å². The van der Waals surface area contributed by atoms with E-state index in [2.05, 4.69) is 20.6 Å². The zero-order chi connectivity index (χ0) is 22.1. The van der Waals surface area contributed by atoms with Crippen molar-refractivity contribution >= 4 is 28.5 Å². The number of carbonyl (C=O) groups is 2. The number of nitrogens with one attached hydrogen (secondary N) is 1. The van der Waals surface area contributed by atoms with Crippen LogP contribution >= 0.6 is 0 Å². The lowest BCUT2D eigenvalue weighted by atomic mass is 10.1. The molecule has 0 aliphatic rings. The van der Waals surface area contributed by atoms with E-state index < -0.39 is 11.5 Å². The van der Waals surface area contributed by atoms with Gasteiger partial charge in [-0.2, -0.15) is 4.68 Å². The molecule has 0 unspecified atom stereocenters. The molecule has 0 fully saturated rings. The lowest BCUT2D eigenvalue weighted by Crippen LogP contribution is -2.28. The molecule has 9 heteroatoms. The van der Waals surface area contributed by atoms with Crippen LogP contribution in [0.2, 0.25) is 0 Å². The molecule has 0 aliphatic carbocycles. The molecule has 0 radical (unpaired) electrons. The number of anilines is 1. The van der Waals surface area contributed by atoms with Gasteiger partial charge in [0.25, 0.3) is 5.56 Å². The van der Waals surface area contributed by atoms with E-state index >= 15 is 0 Å². The number of amides is 1. The molecule has 0 spiro atoms. The molecule has 1 amide bonds. The van der Waals surface area contributed by atoms with Gasteiger partial charge in [0.1, 0.15) is 12.9 Å². The van der Waals surface area contributed by atoms with Gasteiger partial charge in [0, 0.05) is 11.3 Å². The number of aromatic nitrogens is 5. The van der Waals surface area contributed by atoms with Gasteiger partial charge in [-0.3, -0.25) is 19.0 Å². The van der Waals surface area contributed by atoms with Crippen molar-refractivity contribution in [2.75, 3.05) is 5.32 Å². The molecule has 2 aromatic heterocycles. The number of fused-ring (bicyclic) bond motifs is 1. The molecule has 0 bridgehead atoms. The Hall–Kier alpha value is -4.14. The van der Waals surface area contributed by atoms with Crippen molar-refractivity contribution in [3.8, 4) is 5.69 Å². The van der Waals surface area contributed by atoms with Crippen LogP contribution in [0, 0.1) is 13.8 Å². The number of Topliss-reactive ketones (excluding diaryl/α,β-unsaturated/α-hetero) is 1. The summed E-state index contributed by atoms with van der Waals surface area (Å²) in [5, 5.41) is 10.8. The Morgan fingerprint density at radius 1 is 1.03 bits per heavy atom. The predicted octanol–water partition coefficient (Wildman–Crippen LogP) is 2.44. The normalized spacial score (nSPS) is 10.9. The van der Waals surface area contributed by atoms with Gasteiger partial charge in [-0.15, -0.1) is 5.10 Å². The van der Waals surface area contributed by atoms with Gasteiger partial charge in [0.2, 0.25) is 5.91 Å². The summed E-state index contributed by atoms with van der Waals surface area (Å²) in [6.45, 7) is 5.19. The molecule has 156 valence electrons. The highest BCUT2D eigenvalue weighted by molar-refractivity contribution is 5.95. The Bertz CT molecular complexity index is 1350. The number of ketones is 1. The van der Waals surface area contributed by atoms with Gasteiger partial charge in [-0.25, -0.2) is 4.98 Å². The van der Waals surface area contributed by atoms with Crippen LogP contribution in [0.15, 0.2) is 53.6 Å². The predicted molar refractivity (Wildman–Crippen MR) is 115 cm³/mol. The van der Waals surface area contributed by atoms with Crippen LogP contribution in [0.4, 0.5) is 5.69 Å². The molecular weight excluding hydrogens is 396 g/mol. The highest BCUT2D eigenvalue weighted by Gasteiger charge is 2.15. The van der Waals surface area contributed by atoms with Gasteiger partial charge >= 0.3 is 0 Å². The molecular formula is C22H20N6O3. The van der Waals surface area contributed by atoms with E-state index in [1.54, 1.807) is 24.3 Å². The Balaban J connectivity index is 1.58. The fraction of sp³-hybridized carbons (Fsp3) is 0.182. The first kappa shape index (κ1) is 20.1. The van der Waals surface area contributed by atoms with Crippen molar-refractivity contribution < 1.29 is 9.59 Å². The number of aryl methyl sites for hydroxylation is 2. The average Bonchev–Trinajstić information content (AvgIpc) is 3.15. The van der Waals surface area contributed by atoms with Crippen molar-refractivity contribution in [3.63, 3.8) is 0 Å². The zero-order valence-electron chi connectivity index (χ0n) is 17.3. The van der Waals surface area contributed by atoms with Gasteiger partial charge in [-0.1, -0.05) is 11.3 Å². The van der Waals surface area contributed by atoms with Crippen LogP contribution in [-0.2, 0) is 11.3 Å². The number of benzene rings is 2. The summed E-state index contributed by atoms with van der Waals surface area (Å²) in [5.41, 5.74) is 3.90. The lowest BCUT2D eigenvalue weighted by Gasteiger charge is -2.08. The highest BCUT2D eigenvalue weighted by Crippen LogP contribution is 2.16. The van der Waals surface area contributed by atoms with Crippen LogP contribution in [0.3, 0.4) is 0 Å². The van der Waals surface area contributed by atoms with Crippen LogP contribution in [0.5, 0.6) is 0 Å². The molecule has 4 rings (SSSR count). The van der Waals surface area contributed by atoms with E-state index in [1.165, 1.54) is 22.5 Å². The second kappa shape index (κ2) is 7.94. The maximum atomic E-state index is 12.8. The molecule has 0 atom stereocenters. The Morgan fingerprint density at radius 2 is 1.71 bits per heavy atom. The van der Waals surface area contributed by atoms with Gasteiger partial charge in [0.15, 0.2) is 16.9 Å². The van der Waals surface area contributed by atoms with Crippen molar-refractivity contribution in [2.45, 2.75) is 27.3 Å². The van der Waals surface area contributed by atoms with Crippen LogP contribution in [0.1, 0.15) is 28.4 Å². The fourth-order valence-corrected chi connectivity index (χ4v) is 3.35. The quantitative estimate of drug-likeness (QED) is 0.500. The molecule has 0 aliphatic heterocycles. The first-order valence-electron chi connectivity index (χ1n) is 9.62. The molecule has 2 aromatic carbocycles. The van der Waals surface area contributed by atoms with E-state index in [-0.39, 0.29) is 17.8 Å². The van der Waals surface area contributed by atoms with Crippen molar-refractivity contribution in [1.29, 1.82) is 0 Å². The smallest absolute Gasteiger partial charge is 0.284 e. The average molecular weight is 416 g/mol. The Kier molecular flexibility index (Phi) is 5.16. The van der Waals surface area contributed by atoms with E-state index in [4.69, 9.17) is 0 Å². The number of nitrogens with zero attached hydrogens (tertiary/aromatic N) is 5. The summed E-state index contributed by atoms with van der Waals surface area (Å²) in [5.74, 6) is -0.460. The molecule has 1 N–H and O–H groups in total. The summed E-state index contributed by atoms with van der Waals surface area (Å²) in [7, 11) is 0. The first-order valence-corrected chi connectivity index (χ1v) is 9.62. The van der Waals surface area contributed by atoms with E-state index in [0.29, 0.717) is 16.9 Å². The second-order valence-corrected chi connectivity index (χ2v) is 7.38. The molecule has 31 heavy (non-hydrogen) atoms. The third kappa shape index (κ3) is 4.11. The number of hydrogen-bond donors (Lipinski definition) is 1. The van der Waals surface area contributed by atoms with Crippen LogP contribution < -0.4 is 10.9 Å². The summed E-state index contributed by atoms with van der Waals surface area (Å²) in [6, 6.07) is 12.4. The maximum Gasteiger partial charge on any atom is 0.284 e. The van der Waals surface area contributed by atoms with E-state index in [0.717, 1.165) is 16.8 Å². The molecule has 0 saturated carbocycles. The molecule has 9 nitrogen and oxygen atoms in total. The molecule has 2 heterocycles. The summed E-state index contributed by atoms with van der Waals surface area (Å²) in [4.78, 5) is 40.8. The summed E-state index contributed by atoms with van der Waals surface area (Å²) >= 11 is 0. The minimum absolute atomic E-state index is 0.0577. The van der Waals surface area contributed by atoms with Crippen LogP contribution in [0.25, 0.3) is 16.9 Å². The number of rotatable bonds is 5. The minimum atomic E-state index is -0.456. The van der Waals surface area contributed by atoms with Crippen molar-refractivity contribution in [2.24, 2.45) is 0 Å². The van der Waals surface area contributed by atoms with Gasteiger partial charge < -0.3 is 5.32 Å². The van der Waals surface area contributed by atoms with Crippen molar-refractivity contribution in [3.05, 3.63) is 75.8 Å². The SMILES string of the molecule is CC(=O)c1ccc(NC(=O)Cn2cnc3c(nnn3-c3cc(C)cc(C)c3)c2=O)cc1. The number of carbonyl (C=O) groups excluding carboxylic acids is 2. The first-order chi connectivity index (χ1) is 14.8. The van der Waals surface area contributed by atoms with Crippen molar-refractivity contribution in [1.82, 2.24) is 24.5 Å². The van der Waals surface area contributed by atoms with Crippen LogP contribution in [-0.4, -0.2) is 36.2 Å². The standard InChI is InChI=1S/C22H20N6O3/c1-13-8-14(2)10-18(9-13)28-21-20(25-26-28)22(31)27(12-23-21)11-19(30)24-17-6-4-16(5-7-17)15(3)29/h4-10,12H,11H2,1-3H3,(H,24,30). The van der Waals surface area contributed by atoms with Gasteiger partial charge in [-0.05, 0) is 68.3 Å². The Labute approximate surface area is 177 Å². The highest BCUT2D eigenvalue weighted by atomic mass is 16.2. The second-order valence-electron chi connectivity index (χ2n) is 7.38. The summed E-state index contributed by atoms with van der Waals surface area (Å²) in [6.07, 6.45) is 1.31. The van der Waals surface area contributed by atoms with E-state index in [9.17, 15) is 14.4 Å². The monoisotopic (exact) mass is 416 g/mol. The molecule has 4 aromatic rings. The Morgan fingerprint density at radius 3 is 2.35 bits per heavy atom. The lowest BCUT2D eigenvalue weighted by molar-refractivity contribution is -0.116. The van der Waals surface area contributed by atoms with Gasteiger partial charge in [0.05, 0.1) is 5.69 Å². The zero-order valence-corrected chi connectivity index (χ0v) is 17.3. The number of hydrogen-bond acceptors (Lipinski definition) is 6. The maximum absolute atomic E-state index is 12.8.